The van der Waals surface area contributed by atoms with Crippen molar-refractivity contribution < 1.29 is 9.59 Å². The van der Waals surface area contributed by atoms with Gasteiger partial charge in [-0.25, -0.2) is 0 Å². The predicted molar refractivity (Wildman–Crippen MR) is 60.4 cm³/mol. The summed E-state index contributed by atoms with van der Waals surface area (Å²) in [5.41, 5.74) is 0. The number of allylic oxidation sites excluding steroid dienone is 1. The van der Waals surface area contributed by atoms with Gasteiger partial charge in [0, 0.05) is 20.1 Å². The molecule has 0 aliphatic rings. The summed E-state index contributed by atoms with van der Waals surface area (Å²) in [5, 5.41) is 0. The molecule has 0 aromatic carbocycles. The van der Waals surface area contributed by atoms with Crippen LogP contribution < -0.4 is 0 Å². The van der Waals surface area contributed by atoms with Crippen molar-refractivity contribution >= 4 is 11.8 Å². The number of carbonyl (C=O) groups is 2. The number of hydrogen-bond donors (Lipinski definition) is 0. The lowest BCUT2D eigenvalue weighted by molar-refractivity contribution is -0.136. The largest absolute Gasteiger partial charge is 0.342 e. The second-order valence-electron chi connectivity index (χ2n) is 3.26. The molecule has 0 aromatic heterocycles. The van der Waals surface area contributed by atoms with E-state index in [1.807, 2.05) is 13.8 Å². The van der Waals surface area contributed by atoms with E-state index in [0.717, 1.165) is 0 Å². The Hall–Kier alpha value is -1.32. The van der Waals surface area contributed by atoms with Crippen LogP contribution in [-0.4, -0.2) is 48.3 Å². The molecule has 0 fully saturated rings. The number of nitrogens with zero attached hydrogens (tertiary/aromatic N) is 2. The van der Waals surface area contributed by atoms with Crippen LogP contribution in [0.15, 0.2) is 12.2 Å². The molecule has 0 atom stereocenters. The summed E-state index contributed by atoms with van der Waals surface area (Å²) < 4.78 is 0. The van der Waals surface area contributed by atoms with E-state index >= 15 is 0 Å². The highest BCUT2D eigenvalue weighted by molar-refractivity contribution is 5.91. The lowest BCUT2D eigenvalue weighted by Gasteiger charge is -2.22. The average molecular weight is 212 g/mol. The molecule has 15 heavy (non-hydrogen) atoms. The van der Waals surface area contributed by atoms with E-state index in [4.69, 9.17) is 0 Å². The van der Waals surface area contributed by atoms with Crippen LogP contribution in [0.3, 0.4) is 0 Å². The van der Waals surface area contributed by atoms with Gasteiger partial charge in [0.1, 0.15) is 0 Å². The Labute approximate surface area is 91.5 Å². The molecular formula is C11H20N2O2. The summed E-state index contributed by atoms with van der Waals surface area (Å²) in [6, 6.07) is 0. The highest BCUT2D eigenvalue weighted by Crippen LogP contribution is 1.93. The normalized spacial score (nSPS) is 10.4. The van der Waals surface area contributed by atoms with Crippen molar-refractivity contribution in [1.29, 1.82) is 0 Å². The maximum atomic E-state index is 11.6. The van der Waals surface area contributed by atoms with E-state index < -0.39 is 0 Å². The van der Waals surface area contributed by atoms with Gasteiger partial charge in [0.05, 0.1) is 6.54 Å². The fourth-order valence-corrected chi connectivity index (χ4v) is 1.23. The van der Waals surface area contributed by atoms with Gasteiger partial charge in [-0.1, -0.05) is 6.08 Å². The van der Waals surface area contributed by atoms with Crippen LogP contribution >= 0.6 is 0 Å². The molecule has 0 radical (unpaired) electrons. The van der Waals surface area contributed by atoms with Crippen LogP contribution in [0.4, 0.5) is 0 Å². The molecule has 0 unspecified atom stereocenters. The topological polar surface area (TPSA) is 40.6 Å². The summed E-state index contributed by atoms with van der Waals surface area (Å²) in [6.45, 7) is 7.13. The van der Waals surface area contributed by atoms with Gasteiger partial charge in [-0.2, -0.15) is 0 Å². The number of amides is 2. The SMILES string of the molecule is CC=CC(=O)N(C)CC(=O)N(CC)CC. The molecular weight excluding hydrogens is 192 g/mol. The Morgan fingerprint density at radius 1 is 1.20 bits per heavy atom. The highest BCUT2D eigenvalue weighted by atomic mass is 16.2. The number of likely N-dealkylation sites (N-methyl/N-ethyl adjacent to an activating group) is 2. The maximum Gasteiger partial charge on any atom is 0.246 e. The van der Waals surface area contributed by atoms with Crippen molar-refractivity contribution in [3.63, 3.8) is 0 Å². The van der Waals surface area contributed by atoms with E-state index in [-0.39, 0.29) is 18.4 Å². The zero-order valence-corrected chi connectivity index (χ0v) is 9.99. The van der Waals surface area contributed by atoms with E-state index in [1.54, 1.807) is 24.9 Å². The molecule has 2 amide bonds. The standard InChI is InChI=1S/C11H20N2O2/c1-5-8-10(14)12(4)9-11(15)13(6-2)7-3/h5,8H,6-7,9H2,1-4H3. The molecule has 0 rings (SSSR count). The minimum absolute atomic E-state index is 0.0136. The predicted octanol–water partition coefficient (Wildman–Crippen LogP) is 0.889. The molecule has 0 saturated heterocycles. The first-order valence-corrected chi connectivity index (χ1v) is 5.22. The van der Waals surface area contributed by atoms with Gasteiger partial charge in [0.15, 0.2) is 0 Å². The van der Waals surface area contributed by atoms with Crippen molar-refractivity contribution in [1.82, 2.24) is 9.80 Å². The third kappa shape index (κ3) is 4.63. The molecule has 0 bridgehead atoms. The van der Waals surface area contributed by atoms with Crippen molar-refractivity contribution in [2.75, 3.05) is 26.7 Å². The smallest absolute Gasteiger partial charge is 0.246 e. The minimum Gasteiger partial charge on any atom is -0.342 e. The first kappa shape index (κ1) is 13.7. The van der Waals surface area contributed by atoms with E-state index in [1.165, 1.54) is 11.0 Å². The molecule has 0 N–H and O–H groups in total. The Morgan fingerprint density at radius 2 is 1.73 bits per heavy atom. The Balaban J connectivity index is 4.22. The molecule has 0 spiro atoms. The maximum absolute atomic E-state index is 11.6. The van der Waals surface area contributed by atoms with Crippen molar-refractivity contribution in [2.45, 2.75) is 20.8 Å². The fraction of sp³-hybridized carbons (Fsp3) is 0.636. The van der Waals surface area contributed by atoms with Crippen molar-refractivity contribution in [2.24, 2.45) is 0 Å². The molecule has 0 aromatic rings. The van der Waals surface area contributed by atoms with Gasteiger partial charge in [-0.3, -0.25) is 9.59 Å². The molecule has 4 nitrogen and oxygen atoms in total. The van der Waals surface area contributed by atoms with Crippen LogP contribution in [0.1, 0.15) is 20.8 Å². The summed E-state index contributed by atoms with van der Waals surface area (Å²) in [7, 11) is 1.63. The number of carbonyl (C=O) groups excluding carboxylic acids is 2. The van der Waals surface area contributed by atoms with Gasteiger partial charge in [-0.15, -0.1) is 0 Å². The second-order valence-corrected chi connectivity index (χ2v) is 3.26. The summed E-state index contributed by atoms with van der Waals surface area (Å²) in [6.07, 6.45) is 3.12. The monoisotopic (exact) mass is 212 g/mol. The summed E-state index contributed by atoms with van der Waals surface area (Å²) in [4.78, 5) is 26.1. The number of rotatable bonds is 5. The van der Waals surface area contributed by atoms with Crippen LogP contribution in [-0.2, 0) is 9.59 Å². The third-order valence-electron chi connectivity index (χ3n) is 2.17. The molecule has 0 aliphatic heterocycles. The van der Waals surface area contributed by atoms with Crippen molar-refractivity contribution in [3.05, 3.63) is 12.2 Å². The third-order valence-corrected chi connectivity index (χ3v) is 2.17. The van der Waals surface area contributed by atoms with Crippen molar-refractivity contribution in [3.8, 4) is 0 Å². The first-order valence-electron chi connectivity index (χ1n) is 5.22. The lowest BCUT2D eigenvalue weighted by Crippen LogP contribution is -2.40. The molecule has 0 heterocycles. The molecule has 86 valence electrons. The van der Waals surface area contributed by atoms with Gasteiger partial charge in [-0.05, 0) is 26.8 Å². The summed E-state index contributed by atoms with van der Waals surface area (Å²) >= 11 is 0. The van der Waals surface area contributed by atoms with Gasteiger partial charge in [0.2, 0.25) is 11.8 Å². The van der Waals surface area contributed by atoms with Gasteiger partial charge in [0.25, 0.3) is 0 Å². The Kier molecular flexibility index (Phi) is 6.42. The zero-order valence-electron chi connectivity index (χ0n) is 9.99. The van der Waals surface area contributed by atoms with Gasteiger partial charge < -0.3 is 9.80 Å². The van der Waals surface area contributed by atoms with Gasteiger partial charge >= 0.3 is 0 Å². The minimum atomic E-state index is -0.141. The summed E-state index contributed by atoms with van der Waals surface area (Å²) in [5.74, 6) is -0.154. The van der Waals surface area contributed by atoms with E-state index in [9.17, 15) is 9.59 Å². The second kappa shape index (κ2) is 7.04. The number of hydrogen-bond acceptors (Lipinski definition) is 2. The fourth-order valence-electron chi connectivity index (χ4n) is 1.23. The van der Waals surface area contributed by atoms with E-state index in [2.05, 4.69) is 0 Å². The Morgan fingerprint density at radius 3 is 2.13 bits per heavy atom. The van der Waals surface area contributed by atoms with Crippen LogP contribution in [0, 0.1) is 0 Å². The lowest BCUT2D eigenvalue weighted by atomic mass is 10.4. The van der Waals surface area contributed by atoms with Crippen LogP contribution in [0.5, 0.6) is 0 Å². The van der Waals surface area contributed by atoms with Crippen LogP contribution in [0.2, 0.25) is 0 Å². The molecule has 4 heteroatoms. The van der Waals surface area contributed by atoms with Crippen LogP contribution in [0.25, 0.3) is 0 Å². The zero-order chi connectivity index (χ0) is 11.8. The first-order chi connectivity index (χ1) is 7.06. The van der Waals surface area contributed by atoms with E-state index in [0.29, 0.717) is 13.1 Å². The molecule has 0 aliphatic carbocycles. The average Bonchev–Trinajstić information content (AvgIpc) is 2.19. The quantitative estimate of drug-likeness (QED) is 0.635. The molecule has 0 saturated carbocycles. The Bertz CT molecular complexity index is 245. The highest BCUT2D eigenvalue weighted by Gasteiger charge is 2.14.